The Hall–Kier alpha value is -0.650. The fourth-order valence-corrected chi connectivity index (χ4v) is 3.16. The number of hydrogen-bond acceptors (Lipinski definition) is 4. The molecule has 20 heavy (non-hydrogen) atoms. The molecular formula is C15H24BrN3O. The highest BCUT2D eigenvalue weighted by Crippen LogP contribution is 2.15. The first kappa shape index (κ1) is 15.7. The van der Waals surface area contributed by atoms with Crippen molar-refractivity contribution in [2.75, 3.05) is 45.2 Å². The molecule has 0 unspecified atom stereocenters. The van der Waals surface area contributed by atoms with E-state index in [1.54, 1.807) is 7.11 Å². The van der Waals surface area contributed by atoms with Crippen LogP contribution in [-0.2, 0) is 6.54 Å². The van der Waals surface area contributed by atoms with Gasteiger partial charge in [-0.1, -0.05) is 15.9 Å². The van der Waals surface area contributed by atoms with Crippen LogP contribution >= 0.6 is 15.9 Å². The van der Waals surface area contributed by atoms with E-state index in [9.17, 15) is 0 Å². The van der Waals surface area contributed by atoms with Crippen LogP contribution in [0.2, 0.25) is 0 Å². The fraction of sp³-hybridized carbons (Fsp3) is 0.667. The van der Waals surface area contributed by atoms with E-state index < -0.39 is 0 Å². The molecule has 0 aromatic carbocycles. The highest BCUT2D eigenvalue weighted by atomic mass is 79.9. The van der Waals surface area contributed by atoms with E-state index in [2.05, 4.69) is 30.7 Å². The number of ether oxygens (including phenoxy) is 1. The monoisotopic (exact) mass is 341 g/mol. The minimum Gasteiger partial charge on any atom is -0.497 e. The Morgan fingerprint density at radius 1 is 1.20 bits per heavy atom. The van der Waals surface area contributed by atoms with Gasteiger partial charge in [-0.2, -0.15) is 0 Å². The lowest BCUT2D eigenvalue weighted by molar-refractivity contribution is 0.256. The second-order valence-corrected chi connectivity index (χ2v) is 6.09. The van der Waals surface area contributed by atoms with Crippen LogP contribution in [0.3, 0.4) is 0 Å². The molecule has 1 fully saturated rings. The number of rotatable bonds is 5. The van der Waals surface area contributed by atoms with Crippen LogP contribution < -0.4 is 4.74 Å². The van der Waals surface area contributed by atoms with Crippen LogP contribution in [0.25, 0.3) is 0 Å². The number of nitrogens with zero attached hydrogens (tertiary/aromatic N) is 3. The maximum absolute atomic E-state index is 5.33. The average Bonchev–Trinajstić information content (AvgIpc) is 2.64. The minimum absolute atomic E-state index is 0.906. The van der Waals surface area contributed by atoms with Gasteiger partial charge in [-0.25, -0.2) is 0 Å². The van der Waals surface area contributed by atoms with Crippen molar-refractivity contribution in [3.63, 3.8) is 0 Å². The number of pyridine rings is 1. The first-order chi connectivity index (χ1) is 9.71. The molecule has 0 bridgehead atoms. The van der Waals surface area contributed by atoms with Crippen molar-refractivity contribution in [1.82, 2.24) is 14.8 Å². The van der Waals surface area contributed by atoms with Gasteiger partial charge >= 0.3 is 0 Å². The van der Waals surface area contributed by atoms with Crippen LogP contribution in [-0.4, -0.2) is 59.9 Å². The first-order valence-corrected chi connectivity index (χ1v) is 8.35. The van der Waals surface area contributed by atoms with Crippen molar-refractivity contribution < 1.29 is 4.74 Å². The van der Waals surface area contributed by atoms with Crippen LogP contribution in [0.4, 0.5) is 0 Å². The van der Waals surface area contributed by atoms with Crippen LogP contribution in [0, 0.1) is 6.92 Å². The molecule has 0 saturated carbocycles. The van der Waals surface area contributed by atoms with Crippen molar-refractivity contribution in [3.05, 3.63) is 23.5 Å². The van der Waals surface area contributed by atoms with Gasteiger partial charge in [-0.15, -0.1) is 0 Å². The van der Waals surface area contributed by atoms with E-state index in [1.165, 1.54) is 13.0 Å². The molecule has 0 atom stereocenters. The molecule has 5 heteroatoms. The molecule has 0 aliphatic carbocycles. The second-order valence-electron chi connectivity index (χ2n) is 5.30. The molecule has 112 valence electrons. The summed E-state index contributed by atoms with van der Waals surface area (Å²) in [7, 11) is 1.71. The molecule has 1 saturated heterocycles. The second kappa shape index (κ2) is 7.96. The SMILES string of the molecule is COc1cc(C)nc(CN2CCCN(CCBr)CC2)c1. The number of alkyl halides is 1. The Labute approximate surface area is 130 Å². The number of aromatic nitrogens is 1. The summed E-state index contributed by atoms with van der Waals surface area (Å²) < 4.78 is 5.33. The highest BCUT2D eigenvalue weighted by Gasteiger charge is 2.15. The van der Waals surface area contributed by atoms with Crippen LogP contribution in [0.5, 0.6) is 5.75 Å². The highest BCUT2D eigenvalue weighted by molar-refractivity contribution is 9.09. The van der Waals surface area contributed by atoms with E-state index in [0.717, 1.165) is 55.2 Å². The van der Waals surface area contributed by atoms with Gasteiger partial charge in [0.15, 0.2) is 0 Å². The molecule has 1 aliphatic heterocycles. The topological polar surface area (TPSA) is 28.6 Å². The van der Waals surface area contributed by atoms with Gasteiger partial charge in [-0.05, 0) is 26.4 Å². The van der Waals surface area contributed by atoms with Gasteiger partial charge in [0.2, 0.25) is 0 Å². The zero-order valence-corrected chi connectivity index (χ0v) is 14.0. The van der Waals surface area contributed by atoms with E-state index >= 15 is 0 Å². The molecule has 0 radical (unpaired) electrons. The Bertz CT molecular complexity index is 428. The van der Waals surface area contributed by atoms with E-state index in [4.69, 9.17) is 4.74 Å². The normalized spacial score (nSPS) is 17.9. The molecule has 2 rings (SSSR count). The van der Waals surface area contributed by atoms with Gasteiger partial charge < -0.3 is 9.64 Å². The van der Waals surface area contributed by atoms with Gasteiger partial charge in [0.25, 0.3) is 0 Å². The minimum atomic E-state index is 0.906. The van der Waals surface area contributed by atoms with E-state index in [1.807, 2.05) is 19.1 Å². The molecule has 1 aromatic heterocycles. The molecule has 4 nitrogen and oxygen atoms in total. The summed E-state index contributed by atoms with van der Waals surface area (Å²) in [5.41, 5.74) is 2.13. The number of methoxy groups -OCH3 is 1. The maximum Gasteiger partial charge on any atom is 0.122 e. The molecule has 0 spiro atoms. The van der Waals surface area contributed by atoms with Gasteiger partial charge in [0.1, 0.15) is 5.75 Å². The van der Waals surface area contributed by atoms with Gasteiger partial charge in [-0.3, -0.25) is 9.88 Å². The van der Waals surface area contributed by atoms with Crippen molar-refractivity contribution in [2.24, 2.45) is 0 Å². The first-order valence-electron chi connectivity index (χ1n) is 7.23. The van der Waals surface area contributed by atoms with E-state index in [-0.39, 0.29) is 0 Å². The average molecular weight is 342 g/mol. The summed E-state index contributed by atoms with van der Waals surface area (Å²) in [6.07, 6.45) is 1.23. The smallest absolute Gasteiger partial charge is 0.122 e. The van der Waals surface area contributed by atoms with Crippen LogP contribution in [0.1, 0.15) is 17.8 Å². The van der Waals surface area contributed by atoms with Crippen molar-refractivity contribution in [1.29, 1.82) is 0 Å². The largest absolute Gasteiger partial charge is 0.497 e. The Kier molecular flexibility index (Phi) is 6.26. The summed E-state index contributed by atoms with van der Waals surface area (Å²) in [6.45, 7) is 8.69. The zero-order valence-electron chi connectivity index (χ0n) is 12.4. The van der Waals surface area contributed by atoms with E-state index in [0.29, 0.717) is 0 Å². The standard InChI is InChI=1S/C15H24BrN3O/c1-13-10-15(20-2)11-14(17-13)12-19-6-3-5-18(7-4-16)8-9-19/h10-11H,3-9,12H2,1-2H3. The predicted molar refractivity (Wildman–Crippen MR) is 85.7 cm³/mol. The van der Waals surface area contributed by atoms with Crippen molar-refractivity contribution in [3.8, 4) is 5.75 Å². The van der Waals surface area contributed by atoms with Crippen molar-refractivity contribution >= 4 is 15.9 Å². The Balaban J connectivity index is 1.94. The van der Waals surface area contributed by atoms with Crippen LogP contribution in [0.15, 0.2) is 12.1 Å². The number of aryl methyl sites for hydroxylation is 1. The number of hydrogen-bond donors (Lipinski definition) is 0. The molecule has 1 aromatic rings. The third-order valence-corrected chi connectivity index (χ3v) is 4.04. The summed E-state index contributed by atoms with van der Waals surface area (Å²) in [5, 5.41) is 1.06. The third-order valence-electron chi connectivity index (χ3n) is 3.68. The summed E-state index contributed by atoms with van der Waals surface area (Å²) >= 11 is 3.52. The lowest BCUT2D eigenvalue weighted by Gasteiger charge is -2.21. The van der Waals surface area contributed by atoms with Gasteiger partial charge in [0.05, 0.1) is 12.8 Å². The molecule has 0 N–H and O–H groups in total. The fourth-order valence-electron chi connectivity index (χ4n) is 2.66. The predicted octanol–water partition coefficient (Wildman–Crippen LogP) is 2.30. The number of halogens is 1. The maximum atomic E-state index is 5.33. The Morgan fingerprint density at radius 2 is 1.95 bits per heavy atom. The lowest BCUT2D eigenvalue weighted by atomic mass is 10.2. The molecule has 0 amide bonds. The Morgan fingerprint density at radius 3 is 2.70 bits per heavy atom. The summed E-state index contributed by atoms with van der Waals surface area (Å²) in [4.78, 5) is 9.64. The summed E-state index contributed by atoms with van der Waals surface area (Å²) in [5.74, 6) is 0.906. The quantitative estimate of drug-likeness (QED) is 0.768. The lowest BCUT2D eigenvalue weighted by Crippen LogP contribution is -2.31. The zero-order chi connectivity index (χ0) is 14.4. The molecule has 2 heterocycles. The molecular weight excluding hydrogens is 318 g/mol. The summed E-state index contributed by atoms with van der Waals surface area (Å²) in [6, 6.07) is 4.03. The molecule has 1 aliphatic rings. The van der Waals surface area contributed by atoms with Gasteiger partial charge in [0, 0.05) is 49.3 Å². The van der Waals surface area contributed by atoms with Crippen molar-refractivity contribution in [2.45, 2.75) is 19.9 Å². The third kappa shape index (κ3) is 4.72.